The molecule has 0 saturated heterocycles. The van der Waals surface area contributed by atoms with Crippen LogP contribution in [0.15, 0.2) is 28.8 Å². The second-order valence-electron chi connectivity index (χ2n) is 6.37. The molecule has 0 bridgehead atoms. The fourth-order valence-corrected chi connectivity index (χ4v) is 2.88. The van der Waals surface area contributed by atoms with Crippen LogP contribution in [0.2, 0.25) is 5.02 Å². The van der Waals surface area contributed by atoms with Gasteiger partial charge in [0.25, 0.3) is 5.91 Å². The van der Waals surface area contributed by atoms with Crippen LogP contribution >= 0.6 is 11.6 Å². The molecule has 0 atom stereocenters. The summed E-state index contributed by atoms with van der Waals surface area (Å²) in [5.41, 5.74) is 0.720. The minimum atomic E-state index is -0.701. The number of carbonyl (C=O) groups excluding carboxylic acids is 2. The van der Waals surface area contributed by atoms with Gasteiger partial charge in [-0.2, -0.15) is 9.67 Å². The molecular formula is C18H18ClN7O6. The molecular weight excluding hydrogens is 446 g/mol. The Morgan fingerprint density at radius 3 is 2.59 bits per heavy atom. The van der Waals surface area contributed by atoms with Crippen LogP contribution in [0.1, 0.15) is 32.6 Å². The van der Waals surface area contributed by atoms with E-state index in [0.717, 1.165) is 0 Å². The normalized spacial score (nSPS) is 10.6. The van der Waals surface area contributed by atoms with Gasteiger partial charge in [-0.25, -0.2) is 0 Å². The maximum absolute atomic E-state index is 12.2. The van der Waals surface area contributed by atoms with E-state index in [1.54, 1.807) is 31.2 Å². The third-order valence-corrected chi connectivity index (χ3v) is 4.73. The average Bonchev–Trinajstić information content (AvgIpc) is 3.37. The quantitative estimate of drug-likeness (QED) is 0.270. The number of methoxy groups -OCH3 is 1. The van der Waals surface area contributed by atoms with Crippen LogP contribution in [-0.4, -0.2) is 56.9 Å². The van der Waals surface area contributed by atoms with Crippen LogP contribution in [0.3, 0.4) is 0 Å². The van der Waals surface area contributed by atoms with E-state index in [4.69, 9.17) is 20.9 Å². The summed E-state index contributed by atoms with van der Waals surface area (Å²) in [5.74, 6) is -1.26. The van der Waals surface area contributed by atoms with Gasteiger partial charge in [-0.3, -0.25) is 9.59 Å². The highest BCUT2D eigenvalue weighted by atomic mass is 35.5. The Labute approximate surface area is 185 Å². The van der Waals surface area contributed by atoms with E-state index in [1.165, 1.54) is 11.8 Å². The van der Waals surface area contributed by atoms with Gasteiger partial charge in [0.1, 0.15) is 12.3 Å². The van der Waals surface area contributed by atoms with Crippen molar-refractivity contribution in [1.29, 1.82) is 0 Å². The summed E-state index contributed by atoms with van der Waals surface area (Å²) in [6.07, 6.45) is 0. The lowest BCUT2D eigenvalue weighted by Gasteiger charge is -2.09. The number of halogens is 1. The first-order valence-electron chi connectivity index (χ1n) is 9.21. The summed E-state index contributed by atoms with van der Waals surface area (Å²) < 4.78 is 11.3. The Bertz CT molecular complexity index is 1160. The first kappa shape index (κ1) is 22.7. The molecule has 0 fully saturated rings. The second-order valence-corrected chi connectivity index (χ2v) is 6.74. The van der Waals surface area contributed by atoms with Gasteiger partial charge in [-0.15, -0.1) is 0 Å². The molecule has 3 aromatic rings. The predicted octanol–water partition coefficient (Wildman–Crippen LogP) is 1.35. The van der Waals surface area contributed by atoms with E-state index in [2.05, 4.69) is 25.9 Å². The number of nitro groups is 1. The zero-order chi connectivity index (χ0) is 23.3. The third kappa shape index (κ3) is 5.00. The largest absolute Gasteiger partial charge is 0.496 e. The van der Waals surface area contributed by atoms with Gasteiger partial charge in [0.05, 0.1) is 23.5 Å². The molecule has 0 spiro atoms. The Balaban J connectivity index is 1.51. The summed E-state index contributed by atoms with van der Waals surface area (Å²) in [4.78, 5) is 38.5. The molecule has 14 heteroatoms. The highest BCUT2D eigenvalue weighted by molar-refractivity contribution is 6.33. The van der Waals surface area contributed by atoms with Crippen molar-refractivity contribution in [2.75, 3.05) is 20.2 Å². The molecule has 2 aromatic heterocycles. The van der Waals surface area contributed by atoms with Crippen molar-refractivity contribution in [2.24, 2.45) is 0 Å². The maximum atomic E-state index is 12.2. The summed E-state index contributed by atoms with van der Waals surface area (Å²) in [6.45, 7) is 1.73. The summed E-state index contributed by atoms with van der Waals surface area (Å²) >= 11 is 5.89. The van der Waals surface area contributed by atoms with E-state index in [-0.39, 0.29) is 42.3 Å². The van der Waals surface area contributed by atoms with E-state index in [0.29, 0.717) is 17.0 Å². The summed E-state index contributed by atoms with van der Waals surface area (Å²) in [6, 6.07) is 6.75. The van der Waals surface area contributed by atoms with Crippen LogP contribution in [0, 0.1) is 17.0 Å². The van der Waals surface area contributed by atoms with Crippen LogP contribution in [0.4, 0.5) is 5.82 Å². The Kier molecular flexibility index (Phi) is 7.00. The zero-order valence-corrected chi connectivity index (χ0v) is 17.8. The van der Waals surface area contributed by atoms with Gasteiger partial charge in [0.15, 0.2) is 10.8 Å². The van der Waals surface area contributed by atoms with Crippen molar-refractivity contribution in [1.82, 2.24) is 30.6 Å². The molecule has 1 aromatic carbocycles. The van der Waals surface area contributed by atoms with Crippen molar-refractivity contribution in [3.05, 3.63) is 62.4 Å². The Morgan fingerprint density at radius 2 is 1.94 bits per heavy atom. The maximum Gasteiger partial charge on any atom is 0.408 e. The lowest BCUT2D eigenvalue weighted by atomic mass is 10.2. The van der Waals surface area contributed by atoms with Crippen molar-refractivity contribution in [2.45, 2.75) is 13.5 Å². The number of carbonyl (C=O) groups is 2. The fraction of sp³-hybridized carbons (Fsp3) is 0.278. The monoisotopic (exact) mass is 463 g/mol. The minimum Gasteiger partial charge on any atom is -0.496 e. The van der Waals surface area contributed by atoms with E-state index >= 15 is 0 Å². The molecule has 0 radical (unpaired) electrons. The number of ether oxygens (including phenoxy) is 1. The highest BCUT2D eigenvalue weighted by Crippen LogP contribution is 2.26. The van der Waals surface area contributed by atoms with Gasteiger partial charge >= 0.3 is 17.6 Å². The average molecular weight is 464 g/mol. The van der Waals surface area contributed by atoms with Gasteiger partial charge in [-0.05, 0) is 24.0 Å². The molecule has 0 saturated carbocycles. The number of hydrogen-bond donors (Lipinski definition) is 2. The fourth-order valence-electron chi connectivity index (χ4n) is 2.68. The lowest BCUT2D eigenvalue weighted by Crippen LogP contribution is -2.35. The molecule has 0 unspecified atom stereocenters. The predicted molar refractivity (Wildman–Crippen MR) is 110 cm³/mol. The third-order valence-electron chi connectivity index (χ3n) is 4.29. The number of nitrogens with one attached hydrogen (secondary N) is 2. The van der Waals surface area contributed by atoms with E-state index < -0.39 is 16.6 Å². The first-order valence-corrected chi connectivity index (χ1v) is 9.59. The smallest absolute Gasteiger partial charge is 0.408 e. The standard InChI is InChI=1S/C18H18ClN7O6/c1-10-14(19)15(26(29)30)23-25(10)9-13-22-18(32-24-13)17(28)21-8-7-20-16(27)11-5-3-4-6-12(11)31-2/h3-6H,7-9H2,1-2H3,(H,20,27)(H,21,28). The van der Waals surface area contributed by atoms with Crippen molar-refractivity contribution < 1.29 is 23.8 Å². The van der Waals surface area contributed by atoms with Crippen LogP contribution in [0.5, 0.6) is 5.75 Å². The molecule has 0 aliphatic carbocycles. The number of rotatable bonds is 9. The van der Waals surface area contributed by atoms with Gasteiger partial charge < -0.3 is 30.0 Å². The van der Waals surface area contributed by atoms with Crippen molar-refractivity contribution in [3.63, 3.8) is 0 Å². The number of para-hydroxylation sites is 1. The summed E-state index contributed by atoms with van der Waals surface area (Å²) in [7, 11) is 1.47. The van der Waals surface area contributed by atoms with Crippen LogP contribution in [-0.2, 0) is 6.54 Å². The van der Waals surface area contributed by atoms with E-state index in [9.17, 15) is 19.7 Å². The van der Waals surface area contributed by atoms with Gasteiger partial charge in [0, 0.05) is 13.1 Å². The molecule has 0 aliphatic rings. The number of aromatic nitrogens is 4. The topological polar surface area (TPSA) is 167 Å². The SMILES string of the molecule is COc1ccccc1C(=O)NCCNC(=O)c1nc(Cn2nc([N+](=O)[O-])c(Cl)c2C)no1. The number of benzene rings is 1. The molecule has 2 amide bonds. The Morgan fingerprint density at radius 1 is 1.25 bits per heavy atom. The molecule has 2 N–H and O–H groups in total. The lowest BCUT2D eigenvalue weighted by molar-refractivity contribution is -0.389. The van der Waals surface area contributed by atoms with Crippen LogP contribution < -0.4 is 15.4 Å². The number of amides is 2. The van der Waals surface area contributed by atoms with Crippen LogP contribution in [0.25, 0.3) is 0 Å². The van der Waals surface area contributed by atoms with Gasteiger partial charge in [-0.1, -0.05) is 28.9 Å². The molecule has 3 rings (SSSR count). The molecule has 0 aliphatic heterocycles. The summed E-state index contributed by atoms with van der Waals surface area (Å²) in [5, 5.41) is 23.5. The van der Waals surface area contributed by atoms with Gasteiger partial charge in [0.2, 0.25) is 0 Å². The van der Waals surface area contributed by atoms with E-state index in [1.807, 2.05) is 0 Å². The highest BCUT2D eigenvalue weighted by Gasteiger charge is 2.25. The van der Waals surface area contributed by atoms with Crippen molar-refractivity contribution in [3.8, 4) is 5.75 Å². The molecule has 13 nitrogen and oxygen atoms in total. The number of nitrogens with zero attached hydrogens (tertiary/aromatic N) is 5. The zero-order valence-electron chi connectivity index (χ0n) is 17.0. The second kappa shape index (κ2) is 9.87. The molecule has 32 heavy (non-hydrogen) atoms. The number of hydrogen-bond acceptors (Lipinski definition) is 9. The van der Waals surface area contributed by atoms with Crippen molar-refractivity contribution >= 4 is 29.2 Å². The molecule has 168 valence electrons. The Hall–Kier alpha value is -4.00. The first-order chi connectivity index (χ1) is 15.3. The minimum absolute atomic E-state index is 0.0782. The molecule has 2 heterocycles.